The molecule has 0 bridgehead atoms. The molecule has 1 aliphatic rings. The molecule has 144 valence electrons. The van der Waals surface area contributed by atoms with Gasteiger partial charge in [-0.3, -0.25) is 9.59 Å². The number of nitrogens with zero attached hydrogens (tertiary/aromatic N) is 3. The van der Waals surface area contributed by atoms with Gasteiger partial charge in [0, 0.05) is 26.3 Å². The SMILES string of the molecule is CO[C@@H](C(=O)Nc1ccnn1C1CCN(C(=O)CO)CC1)c1ccccc1. The molecule has 27 heavy (non-hydrogen) atoms. The number of hydrogen-bond donors (Lipinski definition) is 2. The molecule has 1 aromatic carbocycles. The minimum absolute atomic E-state index is 0.0794. The number of methoxy groups -OCH3 is 1. The lowest BCUT2D eigenvalue weighted by atomic mass is 10.1. The van der Waals surface area contributed by atoms with Crippen molar-refractivity contribution in [3.63, 3.8) is 0 Å². The molecule has 0 saturated carbocycles. The molecule has 1 atom stereocenters. The van der Waals surface area contributed by atoms with E-state index in [2.05, 4.69) is 10.4 Å². The summed E-state index contributed by atoms with van der Waals surface area (Å²) >= 11 is 0. The molecule has 1 aromatic heterocycles. The fourth-order valence-electron chi connectivity index (χ4n) is 3.38. The maximum Gasteiger partial charge on any atom is 0.259 e. The lowest BCUT2D eigenvalue weighted by Gasteiger charge is -2.32. The van der Waals surface area contributed by atoms with Crippen LogP contribution in [-0.2, 0) is 14.3 Å². The van der Waals surface area contributed by atoms with E-state index in [9.17, 15) is 9.59 Å². The number of nitrogens with one attached hydrogen (secondary N) is 1. The van der Waals surface area contributed by atoms with E-state index >= 15 is 0 Å². The first-order valence-electron chi connectivity index (χ1n) is 8.94. The maximum atomic E-state index is 12.7. The highest BCUT2D eigenvalue weighted by Gasteiger charge is 2.26. The molecule has 1 saturated heterocycles. The Kier molecular flexibility index (Phi) is 6.20. The van der Waals surface area contributed by atoms with Gasteiger partial charge in [-0.1, -0.05) is 30.3 Å². The van der Waals surface area contributed by atoms with Crippen LogP contribution in [0.4, 0.5) is 5.82 Å². The van der Waals surface area contributed by atoms with E-state index in [0.29, 0.717) is 31.7 Å². The smallest absolute Gasteiger partial charge is 0.259 e. The number of aliphatic hydroxyl groups excluding tert-OH is 1. The summed E-state index contributed by atoms with van der Waals surface area (Å²) in [6, 6.07) is 11.1. The van der Waals surface area contributed by atoms with Crippen molar-refractivity contribution in [1.29, 1.82) is 0 Å². The third kappa shape index (κ3) is 4.35. The monoisotopic (exact) mass is 372 g/mol. The first-order chi connectivity index (χ1) is 13.1. The number of benzene rings is 1. The molecule has 1 aliphatic heterocycles. The van der Waals surface area contributed by atoms with Gasteiger partial charge in [0.2, 0.25) is 5.91 Å². The van der Waals surface area contributed by atoms with Crippen molar-refractivity contribution in [3.05, 3.63) is 48.2 Å². The predicted molar refractivity (Wildman–Crippen MR) is 99.0 cm³/mol. The number of likely N-dealkylation sites (tertiary alicyclic amines) is 1. The predicted octanol–water partition coefficient (Wildman–Crippen LogP) is 1.37. The Morgan fingerprint density at radius 3 is 2.59 bits per heavy atom. The van der Waals surface area contributed by atoms with Crippen LogP contribution in [0.5, 0.6) is 0 Å². The van der Waals surface area contributed by atoms with Crippen molar-refractivity contribution in [1.82, 2.24) is 14.7 Å². The minimum Gasteiger partial charge on any atom is -0.387 e. The second-order valence-corrected chi connectivity index (χ2v) is 6.45. The van der Waals surface area contributed by atoms with Crippen LogP contribution in [0.1, 0.15) is 30.6 Å². The van der Waals surface area contributed by atoms with Crippen molar-refractivity contribution >= 4 is 17.6 Å². The fourth-order valence-corrected chi connectivity index (χ4v) is 3.38. The van der Waals surface area contributed by atoms with Crippen molar-refractivity contribution in [2.45, 2.75) is 25.0 Å². The molecule has 2 amide bonds. The third-order valence-electron chi connectivity index (χ3n) is 4.80. The summed E-state index contributed by atoms with van der Waals surface area (Å²) in [5.41, 5.74) is 0.777. The van der Waals surface area contributed by atoms with Crippen molar-refractivity contribution in [2.75, 3.05) is 32.1 Å². The number of aromatic nitrogens is 2. The van der Waals surface area contributed by atoms with Gasteiger partial charge in [-0.25, -0.2) is 4.68 Å². The Balaban J connectivity index is 1.67. The Morgan fingerprint density at radius 2 is 1.96 bits per heavy atom. The summed E-state index contributed by atoms with van der Waals surface area (Å²) in [5, 5.41) is 16.2. The number of rotatable bonds is 6. The topological polar surface area (TPSA) is 96.7 Å². The molecule has 1 fully saturated rings. The Hall–Kier alpha value is -2.71. The highest BCUT2D eigenvalue weighted by atomic mass is 16.5. The van der Waals surface area contributed by atoms with Crippen molar-refractivity contribution in [2.24, 2.45) is 0 Å². The van der Waals surface area contributed by atoms with Gasteiger partial charge in [-0.05, 0) is 18.4 Å². The molecule has 0 unspecified atom stereocenters. The molecule has 2 aromatic rings. The molecule has 0 radical (unpaired) electrons. The molecule has 8 heteroatoms. The highest BCUT2D eigenvalue weighted by Crippen LogP contribution is 2.26. The molecular formula is C19H24N4O4. The van der Waals surface area contributed by atoms with E-state index in [0.717, 1.165) is 5.56 Å². The molecule has 0 spiro atoms. The van der Waals surface area contributed by atoms with Gasteiger partial charge < -0.3 is 20.1 Å². The van der Waals surface area contributed by atoms with Crippen molar-refractivity contribution in [3.8, 4) is 0 Å². The number of aliphatic hydroxyl groups is 1. The van der Waals surface area contributed by atoms with E-state index in [-0.39, 0.29) is 17.9 Å². The van der Waals surface area contributed by atoms with Crippen LogP contribution in [0.15, 0.2) is 42.6 Å². The van der Waals surface area contributed by atoms with Crippen LogP contribution < -0.4 is 5.32 Å². The van der Waals surface area contributed by atoms with E-state index in [1.807, 2.05) is 30.3 Å². The van der Waals surface area contributed by atoms with Gasteiger partial charge >= 0.3 is 0 Å². The van der Waals surface area contributed by atoms with Crippen LogP contribution in [0.3, 0.4) is 0 Å². The van der Waals surface area contributed by atoms with Gasteiger partial charge in [0.05, 0.1) is 12.2 Å². The van der Waals surface area contributed by atoms with E-state index in [1.54, 1.807) is 21.8 Å². The van der Waals surface area contributed by atoms with Crippen LogP contribution >= 0.6 is 0 Å². The van der Waals surface area contributed by atoms with Crippen LogP contribution in [0.2, 0.25) is 0 Å². The number of hydrogen-bond acceptors (Lipinski definition) is 5. The lowest BCUT2D eigenvalue weighted by molar-refractivity contribution is -0.135. The number of carbonyl (C=O) groups is 2. The summed E-state index contributed by atoms with van der Waals surface area (Å²) in [4.78, 5) is 25.9. The van der Waals surface area contributed by atoms with Crippen LogP contribution in [0.25, 0.3) is 0 Å². The van der Waals surface area contributed by atoms with E-state index in [4.69, 9.17) is 9.84 Å². The molecule has 8 nitrogen and oxygen atoms in total. The Morgan fingerprint density at radius 1 is 1.26 bits per heavy atom. The number of anilines is 1. The Labute approximate surface area is 157 Å². The van der Waals surface area contributed by atoms with E-state index in [1.165, 1.54) is 7.11 Å². The zero-order chi connectivity index (χ0) is 19.2. The van der Waals surface area contributed by atoms with Gasteiger partial charge in [0.15, 0.2) is 6.10 Å². The lowest BCUT2D eigenvalue weighted by Crippen LogP contribution is -2.40. The third-order valence-corrected chi connectivity index (χ3v) is 4.80. The second kappa shape index (κ2) is 8.79. The standard InChI is InChI=1S/C19H24N4O4/c1-27-18(14-5-3-2-4-6-14)19(26)21-16-7-10-20-23(16)15-8-11-22(12-9-15)17(25)13-24/h2-7,10,15,18,24H,8-9,11-13H2,1H3,(H,21,26)/t18-/m1/s1. The summed E-state index contributed by atoms with van der Waals surface area (Å²) in [6.07, 6.45) is 2.36. The summed E-state index contributed by atoms with van der Waals surface area (Å²) in [6.45, 7) is 0.648. The largest absolute Gasteiger partial charge is 0.387 e. The maximum absolute atomic E-state index is 12.7. The molecule has 3 rings (SSSR count). The zero-order valence-corrected chi connectivity index (χ0v) is 15.2. The minimum atomic E-state index is -0.710. The molecule has 0 aliphatic carbocycles. The quantitative estimate of drug-likeness (QED) is 0.798. The number of amides is 2. The zero-order valence-electron chi connectivity index (χ0n) is 15.2. The van der Waals surface area contributed by atoms with E-state index < -0.39 is 12.7 Å². The highest BCUT2D eigenvalue weighted by molar-refractivity contribution is 5.94. The average Bonchev–Trinajstić information content (AvgIpc) is 3.17. The van der Waals surface area contributed by atoms with Crippen LogP contribution in [-0.4, -0.2) is 58.4 Å². The molecular weight excluding hydrogens is 348 g/mol. The summed E-state index contributed by atoms with van der Waals surface area (Å²) < 4.78 is 7.16. The summed E-state index contributed by atoms with van der Waals surface area (Å²) in [7, 11) is 1.50. The van der Waals surface area contributed by atoms with Gasteiger partial charge in [0.1, 0.15) is 12.4 Å². The van der Waals surface area contributed by atoms with Gasteiger partial charge in [0.25, 0.3) is 5.91 Å². The normalized spacial score (nSPS) is 16.1. The second-order valence-electron chi connectivity index (χ2n) is 6.45. The average molecular weight is 372 g/mol. The molecule has 2 heterocycles. The first kappa shape index (κ1) is 19.1. The number of piperidine rings is 1. The van der Waals surface area contributed by atoms with Gasteiger partial charge in [-0.15, -0.1) is 0 Å². The fraction of sp³-hybridized carbons (Fsp3) is 0.421. The summed E-state index contributed by atoms with van der Waals surface area (Å²) in [5.74, 6) is 0.0801. The Bertz CT molecular complexity index is 769. The first-order valence-corrected chi connectivity index (χ1v) is 8.94. The number of ether oxygens (including phenoxy) is 1. The molecule has 2 N–H and O–H groups in total. The number of carbonyl (C=O) groups excluding carboxylic acids is 2. The van der Waals surface area contributed by atoms with Crippen LogP contribution in [0, 0.1) is 0 Å². The van der Waals surface area contributed by atoms with Crippen molar-refractivity contribution < 1.29 is 19.4 Å². The van der Waals surface area contributed by atoms with Gasteiger partial charge in [-0.2, -0.15) is 5.10 Å².